The Morgan fingerprint density at radius 3 is 2.84 bits per heavy atom. The van der Waals surface area contributed by atoms with Crippen molar-refractivity contribution in [1.29, 1.82) is 0 Å². The van der Waals surface area contributed by atoms with Gasteiger partial charge in [0, 0.05) is 29.1 Å². The maximum Gasteiger partial charge on any atom is 0.165 e. The number of nitrogens with two attached hydrogens (primary N) is 1. The molecule has 0 bridgehead atoms. The summed E-state index contributed by atoms with van der Waals surface area (Å²) in [6.07, 6.45) is 2.60. The van der Waals surface area contributed by atoms with Gasteiger partial charge in [-0.05, 0) is 19.5 Å². The Labute approximate surface area is 110 Å². The Hall–Kier alpha value is -2.27. The van der Waals surface area contributed by atoms with E-state index in [0.717, 1.165) is 28.1 Å². The smallest absolute Gasteiger partial charge is 0.165 e. The zero-order valence-electron chi connectivity index (χ0n) is 10.7. The highest BCUT2D eigenvalue weighted by atomic mass is 15.0. The van der Waals surface area contributed by atoms with E-state index in [1.807, 2.05) is 31.3 Å². The summed E-state index contributed by atoms with van der Waals surface area (Å²) in [5.74, 6) is 2.17. The predicted octanol–water partition coefficient (Wildman–Crippen LogP) is 1.83. The number of para-hydroxylation sites is 1. The van der Waals surface area contributed by atoms with E-state index in [1.165, 1.54) is 0 Å². The average Bonchev–Trinajstić information content (AvgIpc) is 2.82. The predicted molar refractivity (Wildman–Crippen MR) is 74.6 cm³/mol. The van der Waals surface area contributed by atoms with Gasteiger partial charge in [0.1, 0.15) is 11.6 Å². The van der Waals surface area contributed by atoms with Gasteiger partial charge in [-0.15, -0.1) is 0 Å². The van der Waals surface area contributed by atoms with Crippen LogP contribution < -0.4 is 5.73 Å². The first kappa shape index (κ1) is 11.8. The van der Waals surface area contributed by atoms with Gasteiger partial charge in [0.15, 0.2) is 5.82 Å². The molecule has 0 aliphatic carbocycles. The van der Waals surface area contributed by atoms with E-state index in [2.05, 4.69) is 26.0 Å². The number of aromatic nitrogens is 4. The molecule has 0 amide bonds. The molecule has 96 valence electrons. The highest BCUT2D eigenvalue weighted by Gasteiger charge is 2.10. The highest BCUT2D eigenvalue weighted by Crippen LogP contribution is 2.25. The molecular formula is C14H15N5. The van der Waals surface area contributed by atoms with Crippen LogP contribution in [0.1, 0.15) is 11.6 Å². The summed E-state index contributed by atoms with van der Waals surface area (Å²) in [5, 5.41) is 1.12. The van der Waals surface area contributed by atoms with E-state index in [4.69, 9.17) is 5.73 Å². The van der Waals surface area contributed by atoms with Crippen LogP contribution in [0.4, 0.5) is 0 Å². The van der Waals surface area contributed by atoms with E-state index in [1.54, 1.807) is 0 Å². The van der Waals surface area contributed by atoms with E-state index in [9.17, 15) is 0 Å². The molecule has 0 saturated heterocycles. The molecule has 0 fully saturated rings. The van der Waals surface area contributed by atoms with Crippen LogP contribution in [0, 0.1) is 6.92 Å². The van der Waals surface area contributed by atoms with E-state index >= 15 is 0 Å². The normalized spacial score (nSPS) is 11.1. The molecule has 0 aliphatic heterocycles. The molecule has 0 aliphatic rings. The van der Waals surface area contributed by atoms with Crippen molar-refractivity contribution >= 4 is 10.9 Å². The fourth-order valence-electron chi connectivity index (χ4n) is 2.16. The van der Waals surface area contributed by atoms with Gasteiger partial charge in [0.05, 0.1) is 0 Å². The van der Waals surface area contributed by atoms with Crippen LogP contribution in [-0.2, 0) is 6.42 Å². The van der Waals surface area contributed by atoms with Crippen molar-refractivity contribution in [2.75, 3.05) is 6.54 Å². The maximum atomic E-state index is 5.56. The third-order valence-corrected chi connectivity index (χ3v) is 2.99. The summed E-state index contributed by atoms with van der Waals surface area (Å²) in [7, 11) is 0. The molecule has 5 heteroatoms. The van der Waals surface area contributed by atoms with Crippen LogP contribution in [0.3, 0.4) is 0 Å². The van der Waals surface area contributed by atoms with Crippen molar-refractivity contribution in [2.24, 2.45) is 5.73 Å². The molecule has 0 spiro atoms. The van der Waals surface area contributed by atoms with Crippen molar-refractivity contribution in [1.82, 2.24) is 19.9 Å². The fraction of sp³-hybridized carbons (Fsp3) is 0.214. The van der Waals surface area contributed by atoms with Crippen LogP contribution in [-0.4, -0.2) is 26.5 Å². The zero-order chi connectivity index (χ0) is 13.2. The summed E-state index contributed by atoms with van der Waals surface area (Å²) in [6.45, 7) is 2.41. The van der Waals surface area contributed by atoms with Crippen molar-refractivity contribution in [3.63, 3.8) is 0 Å². The molecule has 3 aromatic rings. The number of aryl methyl sites for hydroxylation is 1. The van der Waals surface area contributed by atoms with E-state index < -0.39 is 0 Å². The number of nitrogens with zero attached hydrogens (tertiary/aromatic N) is 3. The fourth-order valence-corrected chi connectivity index (χ4v) is 2.16. The molecule has 0 unspecified atom stereocenters. The molecule has 2 aromatic heterocycles. The van der Waals surface area contributed by atoms with Crippen molar-refractivity contribution in [2.45, 2.75) is 13.3 Å². The van der Waals surface area contributed by atoms with E-state index in [0.29, 0.717) is 18.8 Å². The molecular weight excluding hydrogens is 238 g/mol. The van der Waals surface area contributed by atoms with Gasteiger partial charge in [0.25, 0.3) is 0 Å². The molecule has 5 nitrogen and oxygen atoms in total. The molecule has 0 radical (unpaired) electrons. The first-order valence-corrected chi connectivity index (χ1v) is 6.26. The monoisotopic (exact) mass is 253 g/mol. The van der Waals surface area contributed by atoms with Crippen molar-refractivity contribution in [3.8, 4) is 11.4 Å². The minimum Gasteiger partial charge on any atom is -0.360 e. The number of aromatic amines is 1. The lowest BCUT2D eigenvalue weighted by atomic mass is 10.1. The second-order valence-corrected chi connectivity index (χ2v) is 4.41. The van der Waals surface area contributed by atoms with Gasteiger partial charge >= 0.3 is 0 Å². The molecule has 3 rings (SSSR count). The summed E-state index contributed by atoms with van der Waals surface area (Å²) in [5.41, 5.74) is 7.64. The zero-order valence-corrected chi connectivity index (χ0v) is 10.7. The summed E-state index contributed by atoms with van der Waals surface area (Å²) < 4.78 is 0. The SMILES string of the molecule is Cc1nc(CCN)nc(-c2c[nH]c3ccccc23)n1. The summed E-state index contributed by atoms with van der Waals surface area (Å²) in [4.78, 5) is 16.5. The molecule has 19 heavy (non-hydrogen) atoms. The number of benzene rings is 1. The topological polar surface area (TPSA) is 80.5 Å². The standard InChI is InChI=1S/C14H15N5/c1-9-17-13(6-7-15)19-14(18-9)11-8-16-12-5-3-2-4-10(11)12/h2-5,8,16H,6-7,15H2,1H3. The minimum atomic E-state index is 0.538. The van der Waals surface area contributed by atoms with Crippen molar-refractivity contribution in [3.05, 3.63) is 42.1 Å². The summed E-state index contributed by atoms with van der Waals surface area (Å²) in [6, 6.07) is 8.10. The summed E-state index contributed by atoms with van der Waals surface area (Å²) >= 11 is 0. The third kappa shape index (κ3) is 2.20. The van der Waals surface area contributed by atoms with Gasteiger partial charge in [-0.1, -0.05) is 18.2 Å². The number of H-pyrrole nitrogens is 1. The lowest BCUT2D eigenvalue weighted by molar-refractivity contribution is 0.828. The lowest BCUT2D eigenvalue weighted by Gasteiger charge is -2.03. The first-order valence-electron chi connectivity index (χ1n) is 6.26. The van der Waals surface area contributed by atoms with E-state index in [-0.39, 0.29) is 0 Å². The molecule has 1 aromatic carbocycles. The Balaban J connectivity index is 2.15. The van der Waals surface area contributed by atoms with Gasteiger partial charge < -0.3 is 10.7 Å². The number of fused-ring (bicyclic) bond motifs is 1. The number of nitrogens with one attached hydrogen (secondary N) is 1. The maximum absolute atomic E-state index is 5.56. The number of hydrogen-bond donors (Lipinski definition) is 2. The lowest BCUT2D eigenvalue weighted by Crippen LogP contribution is -2.09. The van der Waals surface area contributed by atoms with Crippen LogP contribution in [0.15, 0.2) is 30.5 Å². The molecule has 0 atom stereocenters. The highest BCUT2D eigenvalue weighted by molar-refractivity contribution is 5.93. The van der Waals surface area contributed by atoms with Crippen LogP contribution >= 0.6 is 0 Å². The average molecular weight is 253 g/mol. The largest absolute Gasteiger partial charge is 0.360 e. The second-order valence-electron chi connectivity index (χ2n) is 4.41. The molecule has 0 saturated carbocycles. The number of hydrogen-bond acceptors (Lipinski definition) is 4. The van der Waals surface area contributed by atoms with Gasteiger partial charge in [-0.25, -0.2) is 15.0 Å². The Bertz CT molecular complexity index is 717. The Morgan fingerprint density at radius 1 is 1.16 bits per heavy atom. The minimum absolute atomic E-state index is 0.538. The van der Waals surface area contributed by atoms with Crippen LogP contribution in [0.5, 0.6) is 0 Å². The van der Waals surface area contributed by atoms with Crippen LogP contribution in [0.2, 0.25) is 0 Å². The number of rotatable bonds is 3. The Morgan fingerprint density at radius 2 is 2.00 bits per heavy atom. The quantitative estimate of drug-likeness (QED) is 0.746. The van der Waals surface area contributed by atoms with Crippen LogP contribution in [0.25, 0.3) is 22.3 Å². The van der Waals surface area contributed by atoms with Crippen molar-refractivity contribution < 1.29 is 0 Å². The first-order chi connectivity index (χ1) is 9.28. The van der Waals surface area contributed by atoms with Gasteiger partial charge in [-0.2, -0.15) is 0 Å². The van der Waals surface area contributed by atoms with Gasteiger partial charge in [-0.3, -0.25) is 0 Å². The molecule has 2 heterocycles. The Kier molecular flexibility index (Phi) is 2.97. The molecule has 3 N–H and O–H groups in total. The second kappa shape index (κ2) is 4.78. The van der Waals surface area contributed by atoms with Gasteiger partial charge in [0.2, 0.25) is 0 Å². The third-order valence-electron chi connectivity index (χ3n) is 2.99.